The van der Waals surface area contributed by atoms with E-state index < -0.39 is 17.6 Å². The van der Waals surface area contributed by atoms with Gasteiger partial charge in [-0.05, 0) is 63.6 Å². The van der Waals surface area contributed by atoms with Crippen molar-refractivity contribution in [1.29, 1.82) is 5.26 Å². The van der Waals surface area contributed by atoms with Gasteiger partial charge in [-0.2, -0.15) is 14.0 Å². The number of nitrogen functional groups attached to an aromatic ring is 1. The Morgan fingerprint density at radius 1 is 1.21 bits per heavy atom. The SMILES string of the molecule is Cc1nc(N[C@H](C)c2cc(N)cc(C(F)(F)C(C)(C)O)c2)c2cc(OCCOC3COC3)c(C#N)cc2n1. The van der Waals surface area contributed by atoms with Crippen molar-refractivity contribution in [2.45, 2.75) is 51.4 Å². The van der Waals surface area contributed by atoms with Crippen LogP contribution in [0.2, 0.25) is 0 Å². The van der Waals surface area contributed by atoms with Gasteiger partial charge in [0.25, 0.3) is 0 Å². The predicted molar refractivity (Wildman–Crippen MR) is 138 cm³/mol. The lowest BCUT2D eigenvalue weighted by molar-refractivity contribution is -0.168. The monoisotopic (exact) mass is 527 g/mol. The highest BCUT2D eigenvalue weighted by molar-refractivity contribution is 5.91. The van der Waals surface area contributed by atoms with Gasteiger partial charge in [-0.25, -0.2) is 9.97 Å². The molecule has 11 heteroatoms. The summed E-state index contributed by atoms with van der Waals surface area (Å²) < 4.78 is 46.3. The molecule has 1 saturated heterocycles. The number of hydrogen-bond donors (Lipinski definition) is 3. The summed E-state index contributed by atoms with van der Waals surface area (Å²) in [4.78, 5) is 8.96. The molecule has 1 aromatic heterocycles. The number of anilines is 2. The number of hydrogen-bond acceptors (Lipinski definition) is 9. The molecule has 1 atom stereocenters. The number of benzene rings is 2. The first-order chi connectivity index (χ1) is 17.9. The van der Waals surface area contributed by atoms with Crippen molar-refractivity contribution in [3.8, 4) is 11.8 Å². The number of rotatable bonds is 10. The second-order valence-electron chi connectivity index (χ2n) is 9.86. The highest BCUT2D eigenvalue weighted by Gasteiger charge is 2.47. The van der Waals surface area contributed by atoms with Gasteiger partial charge in [-0.3, -0.25) is 0 Å². The molecule has 0 aliphatic carbocycles. The second-order valence-corrected chi connectivity index (χ2v) is 9.86. The molecule has 2 aromatic carbocycles. The molecule has 0 saturated carbocycles. The summed E-state index contributed by atoms with van der Waals surface area (Å²) in [5.41, 5.74) is 4.76. The summed E-state index contributed by atoms with van der Waals surface area (Å²) in [6, 6.07) is 9.01. The smallest absolute Gasteiger partial charge is 0.300 e. The molecule has 9 nitrogen and oxygen atoms in total. The van der Waals surface area contributed by atoms with Crippen LogP contribution in [0.15, 0.2) is 30.3 Å². The molecule has 1 aliphatic rings. The number of nitrogens with one attached hydrogen (secondary N) is 1. The van der Waals surface area contributed by atoms with E-state index in [9.17, 15) is 19.1 Å². The maximum atomic E-state index is 14.9. The summed E-state index contributed by atoms with van der Waals surface area (Å²) in [5, 5.41) is 23.5. The maximum absolute atomic E-state index is 14.9. The Labute approximate surface area is 219 Å². The summed E-state index contributed by atoms with van der Waals surface area (Å²) in [6.07, 6.45) is 0.0650. The van der Waals surface area contributed by atoms with Crippen molar-refractivity contribution in [3.05, 3.63) is 52.8 Å². The van der Waals surface area contributed by atoms with Crippen LogP contribution in [0.1, 0.15) is 49.3 Å². The molecule has 0 unspecified atom stereocenters. The number of nitrogens with zero attached hydrogens (tertiary/aromatic N) is 3. The van der Waals surface area contributed by atoms with Crippen LogP contribution in [0.25, 0.3) is 10.9 Å². The van der Waals surface area contributed by atoms with Crippen LogP contribution in [0.5, 0.6) is 5.75 Å². The van der Waals surface area contributed by atoms with Crippen LogP contribution in [0.4, 0.5) is 20.3 Å². The van der Waals surface area contributed by atoms with Crippen molar-refractivity contribution in [3.63, 3.8) is 0 Å². The van der Waals surface area contributed by atoms with Crippen molar-refractivity contribution in [1.82, 2.24) is 9.97 Å². The Kier molecular flexibility index (Phi) is 7.69. The molecule has 38 heavy (non-hydrogen) atoms. The first-order valence-electron chi connectivity index (χ1n) is 12.2. The van der Waals surface area contributed by atoms with Crippen LogP contribution >= 0.6 is 0 Å². The Morgan fingerprint density at radius 2 is 1.95 bits per heavy atom. The molecule has 4 N–H and O–H groups in total. The highest BCUT2D eigenvalue weighted by Crippen LogP contribution is 2.40. The highest BCUT2D eigenvalue weighted by atomic mass is 19.3. The molecule has 0 spiro atoms. The third-order valence-corrected chi connectivity index (χ3v) is 6.29. The molecule has 0 bridgehead atoms. The standard InChI is InChI=1S/C27H31F2N5O4/c1-15(17-7-19(10-20(31)8-17)27(28,29)26(3,4)35)32-25-22-11-24(38-6-5-37-21-13-36-14-21)18(12-30)9-23(22)33-16(2)34-25/h7-11,15,21,35H,5-6,13-14,31H2,1-4H3,(H,32,33,34)/t15-/m1/s1. The Balaban J connectivity index is 1.63. The zero-order valence-electron chi connectivity index (χ0n) is 21.7. The van der Waals surface area contributed by atoms with E-state index in [0.717, 1.165) is 19.9 Å². The second kappa shape index (κ2) is 10.6. The summed E-state index contributed by atoms with van der Waals surface area (Å²) >= 11 is 0. The molecule has 4 rings (SSSR count). The van der Waals surface area contributed by atoms with Gasteiger partial charge in [0.2, 0.25) is 0 Å². The van der Waals surface area contributed by atoms with E-state index in [1.807, 2.05) is 0 Å². The van der Waals surface area contributed by atoms with Gasteiger partial charge in [-0.1, -0.05) is 0 Å². The Morgan fingerprint density at radius 3 is 2.58 bits per heavy atom. The van der Waals surface area contributed by atoms with Crippen LogP contribution in [-0.4, -0.2) is 53.2 Å². The number of aliphatic hydroxyl groups is 1. The van der Waals surface area contributed by atoms with Gasteiger partial charge in [-0.15, -0.1) is 0 Å². The lowest BCUT2D eigenvalue weighted by Gasteiger charge is -2.30. The number of halogens is 2. The first-order valence-corrected chi connectivity index (χ1v) is 12.2. The zero-order chi connectivity index (χ0) is 27.7. The molecule has 1 fully saturated rings. The van der Waals surface area contributed by atoms with Crippen molar-refractivity contribution in [2.24, 2.45) is 0 Å². The van der Waals surface area contributed by atoms with Gasteiger partial charge in [0.1, 0.15) is 41.8 Å². The molecule has 2 heterocycles. The Hall–Kier alpha value is -3.59. The van der Waals surface area contributed by atoms with Gasteiger partial charge in [0.05, 0.1) is 36.9 Å². The van der Waals surface area contributed by atoms with Gasteiger partial charge < -0.3 is 30.4 Å². The molecular weight excluding hydrogens is 496 g/mol. The molecular formula is C27H31F2N5O4. The van der Waals surface area contributed by atoms with E-state index in [-0.39, 0.29) is 24.0 Å². The minimum atomic E-state index is -3.52. The molecule has 0 radical (unpaired) electrons. The van der Waals surface area contributed by atoms with E-state index in [1.54, 1.807) is 32.0 Å². The fraction of sp³-hybridized carbons (Fsp3) is 0.444. The first kappa shape index (κ1) is 27.4. The molecule has 1 aliphatic heterocycles. The molecule has 0 amide bonds. The van der Waals surface area contributed by atoms with E-state index in [2.05, 4.69) is 21.4 Å². The van der Waals surface area contributed by atoms with Gasteiger partial charge in [0.15, 0.2) is 0 Å². The number of ether oxygens (including phenoxy) is 3. The van der Waals surface area contributed by atoms with Crippen molar-refractivity contribution in [2.75, 3.05) is 37.5 Å². The number of aromatic nitrogens is 2. The van der Waals surface area contributed by atoms with E-state index in [4.69, 9.17) is 19.9 Å². The van der Waals surface area contributed by atoms with Crippen LogP contribution < -0.4 is 15.8 Å². The number of alkyl halides is 2. The lowest BCUT2D eigenvalue weighted by Crippen LogP contribution is -2.40. The largest absolute Gasteiger partial charge is 0.490 e. The Bertz CT molecular complexity index is 1370. The fourth-order valence-electron chi connectivity index (χ4n) is 4.01. The van der Waals surface area contributed by atoms with Gasteiger partial charge in [0, 0.05) is 16.6 Å². The van der Waals surface area contributed by atoms with Crippen LogP contribution in [0.3, 0.4) is 0 Å². The van der Waals surface area contributed by atoms with E-state index in [1.165, 1.54) is 6.07 Å². The van der Waals surface area contributed by atoms with Crippen LogP contribution in [0, 0.1) is 18.3 Å². The predicted octanol–water partition coefficient (Wildman–Crippen LogP) is 4.22. The van der Waals surface area contributed by atoms with Gasteiger partial charge >= 0.3 is 5.92 Å². The van der Waals surface area contributed by atoms with E-state index in [0.29, 0.717) is 59.2 Å². The number of fused-ring (bicyclic) bond motifs is 1. The third kappa shape index (κ3) is 5.78. The van der Waals surface area contributed by atoms with Crippen molar-refractivity contribution >= 4 is 22.4 Å². The third-order valence-electron chi connectivity index (χ3n) is 6.29. The average molecular weight is 528 g/mol. The van der Waals surface area contributed by atoms with Crippen molar-refractivity contribution < 1.29 is 28.1 Å². The zero-order valence-corrected chi connectivity index (χ0v) is 21.7. The average Bonchev–Trinajstić information content (AvgIpc) is 2.81. The summed E-state index contributed by atoms with van der Waals surface area (Å²) in [6.45, 7) is 7.32. The molecule has 3 aromatic rings. The number of aryl methyl sites for hydroxylation is 1. The topological polar surface area (TPSA) is 136 Å². The molecule has 202 valence electrons. The number of nitriles is 1. The normalized spacial score (nSPS) is 15.1. The lowest BCUT2D eigenvalue weighted by atomic mass is 9.91. The number of nitrogens with two attached hydrogens (primary N) is 1. The minimum Gasteiger partial charge on any atom is -0.490 e. The van der Waals surface area contributed by atoms with Crippen LogP contribution in [-0.2, 0) is 15.4 Å². The maximum Gasteiger partial charge on any atom is 0.300 e. The quantitative estimate of drug-likeness (QED) is 0.261. The summed E-state index contributed by atoms with van der Waals surface area (Å²) in [7, 11) is 0. The minimum absolute atomic E-state index is 0.0650. The van der Waals surface area contributed by atoms with E-state index >= 15 is 0 Å². The fourth-order valence-corrected chi connectivity index (χ4v) is 4.01. The summed E-state index contributed by atoms with van der Waals surface area (Å²) in [5.74, 6) is -2.27.